The number of hydrogen-bond donors (Lipinski definition) is 3. The third kappa shape index (κ3) is 4.13. The predicted octanol–water partition coefficient (Wildman–Crippen LogP) is 5.46. The van der Waals surface area contributed by atoms with Crippen LogP contribution in [0.2, 0.25) is 0 Å². The number of rotatable bonds is 5. The number of fused-ring (bicyclic) bond motifs is 1. The first-order valence-corrected chi connectivity index (χ1v) is 12.2. The molecule has 164 valence electrons. The molecular formula is C25H24BrN3O2S. The molecule has 3 atom stereocenters. The Balaban J connectivity index is 1.50. The van der Waals surface area contributed by atoms with E-state index >= 15 is 0 Å². The van der Waals surface area contributed by atoms with E-state index in [4.69, 9.17) is 4.74 Å². The fraction of sp³-hybridized carbons (Fsp3) is 0.200. The summed E-state index contributed by atoms with van der Waals surface area (Å²) in [6.45, 7) is 0. The van der Waals surface area contributed by atoms with Crippen LogP contribution >= 0.6 is 27.7 Å². The summed E-state index contributed by atoms with van der Waals surface area (Å²) in [4.78, 5) is 1.23. The Hall–Kier alpha value is -2.45. The molecule has 0 spiro atoms. The molecule has 3 aromatic carbocycles. The molecule has 5 nitrogen and oxygen atoms in total. The van der Waals surface area contributed by atoms with Crippen molar-refractivity contribution >= 4 is 33.4 Å². The second-order valence-corrected chi connectivity index (χ2v) is 9.89. The molecule has 2 heterocycles. The van der Waals surface area contributed by atoms with Crippen LogP contribution in [0.25, 0.3) is 5.70 Å². The van der Waals surface area contributed by atoms with Crippen molar-refractivity contribution in [2.75, 3.05) is 7.11 Å². The fourth-order valence-corrected chi connectivity index (χ4v) is 6.06. The van der Waals surface area contributed by atoms with Gasteiger partial charge in [0.1, 0.15) is 6.17 Å². The lowest BCUT2D eigenvalue weighted by Crippen LogP contribution is -2.57. The summed E-state index contributed by atoms with van der Waals surface area (Å²) in [6, 6.07) is 26.5. The van der Waals surface area contributed by atoms with E-state index in [1.165, 1.54) is 4.90 Å². The van der Waals surface area contributed by atoms with Gasteiger partial charge in [-0.15, -0.1) is 11.8 Å². The van der Waals surface area contributed by atoms with Crippen LogP contribution in [-0.2, 0) is 0 Å². The summed E-state index contributed by atoms with van der Waals surface area (Å²) in [5.74, 6) is 0.641. The molecular weight excluding hydrogens is 486 g/mol. The fourth-order valence-electron chi connectivity index (χ4n) is 4.18. The quantitative estimate of drug-likeness (QED) is 0.424. The summed E-state index contributed by atoms with van der Waals surface area (Å²) in [5, 5.41) is 16.3. The predicted molar refractivity (Wildman–Crippen MR) is 132 cm³/mol. The van der Waals surface area contributed by atoms with Crippen molar-refractivity contribution in [1.82, 2.24) is 15.8 Å². The van der Waals surface area contributed by atoms with E-state index in [-0.39, 0.29) is 23.3 Å². The molecule has 2 aliphatic heterocycles. The molecule has 5 rings (SSSR count). The van der Waals surface area contributed by atoms with E-state index in [0.717, 1.165) is 27.7 Å². The standard InChI is InChI=1S/C25H24BrN3O2S/c1-31-21-14-17(12-13-20(21)30)19-15-22(32-18-10-6-3-7-11-18)29-25(27-19)23(26)24(28-29)16-8-4-2-5-9-16/h2-14,19,22,25,27-28,30H,15H2,1H3. The molecule has 0 aliphatic carbocycles. The second-order valence-electron chi connectivity index (χ2n) is 7.78. The maximum Gasteiger partial charge on any atom is 0.160 e. The van der Waals surface area contributed by atoms with Gasteiger partial charge in [-0.3, -0.25) is 5.32 Å². The van der Waals surface area contributed by atoms with Crippen LogP contribution in [0.3, 0.4) is 0 Å². The van der Waals surface area contributed by atoms with E-state index < -0.39 is 0 Å². The third-order valence-corrected chi connectivity index (χ3v) is 7.85. The van der Waals surface area contributed by atoms with Gasteiger partial charge in [-0.05, 0) is 41.8 Å². The highest BCUT2D eigenvalue weighted by molar-refractivity contribution is 9.11. The molecule has 0 saturated carbocycles. The number of ether oxygens (including phenoxy) is 1. The van der Waals surface area contributed by atoms with Crippen LogP contribution in [0.5, 0.6) is 11.5 Å². The first-order chi connectivity index (χ1) is 15.6. The van der Waals surface area contributed by atoms with Gasteiger partial charge in [-0.2, -0.15) is 5.01 Å². The maximum absolute atomic E-state index is 10.1. The second kappa shape index (κ2) is 9.19. The Morgan fingerprint density at radius 3 is 2.47 bits per heavy atom. The molecule has 3 unspecified atom stereocenters. The first-order valence-electron chi connectivity index (χ1n) is 10.5. The molecule has 1 fully saturated rings. The van der Waals surface area contributed by atoms with Crippen molar-refractivity contribution in [1.29, 1.82) is 0 Å². The summed E-state index contributed by atoms with van der Waals surface area (Å²) in [7, 11) is 1.58. The number of halogens is 1. The number of hydrogen-bond acceptors (Lipinski definition) is 6. The molecule has 3 aromatic rings. The summed E-state index contributed by atoms with van der Waals surface area (Å²) in [6.07, 6.45) is 0.851. The zero-order valence-electron chi connectivity index (χ0n) is 17.5. The minimum atomic E-state index is -0.0232. The largest absolute Gasteiger partial charge is 0.504 e. The van der Waals surface area contributed by atoms with Crippen LogP contribution < -0.4 is 15.5 Å². The maximum atomic E-state index is 10.1. The number of nitrogens with one attached hydrogen (secondary N) is 2. The van der Waals surface area contributed by atoms with Crippen molar-refractivity contribution in [2.24, 2.45) is 0 Å². The van der Waals surface area contributed by atoms with Crippen molar-refractivity contribution in [3.05, 3.63) is 94.5 Å². The summed E-state index contributed by atoms with van der Waals surface area (Å²) >= 11 is 5.72. The van der Waals surface area contributed by atoms with Crippen LogP contribution in [0.1, 0.15) is 23.6 Å². The number of aromatic hydroxyl groups is 1. The number of methoxy groups -OCH3 is 1. The van der Waals surface area contributed by atoms with Crippen molar-refractivity contribution < 1.29 is 9.84 Å². The molecule has 0 aromatic heterocycles. The third-order valence-electron chi connectivity index (χ3n) is 5.79. The van der Waals surface area contributed by atoms with E-state index in [2.05, 4.69) is 80.2 Å². The molecule has 0 radical (unpaired) electrons. The van der Waals surface area contributed by atoms with Gasteiger partial charge in [-0.25, -0.2) is 0 Å². The zero-order valence-corrected chi connectivity index (χ0v) is 19.9. The van der Waals surface area contributed by atoms with Crippen LogP contribution in [0.15, 0.2) is 88.2 Å². The Morgan fingerprint density at radius 2 is 1.75 bits per heavy atom. The number of thioether (sulfide) groups is 1. The number of phenolic OH excluding ortho intramolecular Hbond substituents is 1. The first kappa shape index (κ1) is 21.4. The molecule has 3 N–H and O–H groups in total. The molecule has 0 bridgehead atoms. The molecule has 2 aliphatic rings. The van der Waals surface area contributed by atoms with E-state index in [1.54, 1.807) is 13.2 Å². The SMILES string of the molecule is COc1cc(C2CC(Sc3ccccc3)N3NC(c4ccccc4)=C(Br)C3N2)ccc1O. The van der Waals surface area contributed by atoms with Crippen LogP contribution in [-0.4, -0.2) is 28.8 Å². The van der Waals surface area contributed by atoms with Gasteiger partial charge in [0.25, 0.3) is 0 Å². The van der Waals surface area contributed by atoms with Gasteiger partial charge in [0.2, 0.25) is 0 Å². The van der Waals surface area contributed by atoms with E-state index in [9.17, 15) is 5.11 Å². The Labute approximate surface area is 200 Å². The number of benzene rings is 3. The van der Waals surface area contributed by atoms with Crippen LogP contribution in [0, 0.1) is 0 Å². The molecule has 32 heavy (non-hydrogen) atoms. The van der Waals surface area contributed by atoms with Gasteiger partial charge in [-0.1, -0.05) is 70.5 Å². The van der Waals surface area contributed by atoms with Crippen LogP contribution in [0.4, 0.5) is 0 Å². The average molecular weight is 510 g/mol. The highest BCUT2D eigenvalue weighted by atomic mass is 79.9. The van der Waals surface area contributed by atoms with E-state index in [1.807, 2.05) is 36.0 Å². The summed E-state index contributed by atoms with van der Waals surface area (Å²) in [5.41, 5.74) is 6.96. The van der Waals surface area contributed by atoms with Gasteiger partial charge in [0, 0.05) is 10.9 Å². The highest BCUT2D eigenvalue weighted by Gasteiger charge is 2.43. The Morgan fingerprint density at radius 1 is 1.03 bits per heavy atom. The normalized spacial score (nSPS) is 23.0. The number of hydrazine groups is 1. The topological polar surface area (TPSA) is 56.8 Å². The number of phenols is 1. The van der Waals surface area contributed by atoms with Gasteiger partial charge in [0.15, 0.2) is 11.5 Å². The highest BCUT2D eigenvalue weighted by Crippen LogP contribution is 2.43. The number of nitrogens with zero attached hydrogens (tertiary/aromatic N) is 1. The van der Waals surface area contributed by atoms with Gasteiger partial charge in [0.05, 0.1) is 22.7 Å². The zero-order chi connectivity index (χ0) is 22.1. The smallest absolute Gasteiger partial charge is 0.160 e. The Bertz CT molecular complexity index is 1130. The van der Waals surface area contributed by atoms with Gasteiger partial charge >= 0.3 is 0 Å². The summed E-state index contributed by atoms with van der Waals surface area (Å²) < 4.78 is 6.44. The lowest BCUT2D eigenvalue weighted by Gasteiger charge is -2.42. The minimum Gasteiger partial charge on any atom is -0.504 e. The van der Waals surface area contributed by atoms with E-state index in [0.29, 0.717) is 5.75 Å². The van der Waals surface area contributed by atoms with Crippen molar-refractivity contribution in [3.63, 3.8) is 0 Å². The molecule has 7 heteroatoms. The minimum absolute atomic E-state index is 0.0232. The molecule has 1 saturated heterocycles. The van der Waals surface area contributed by atoms with Crippen molar-refractivity contribution in [2.45, 2.75) is 28.9 Å². The average Bonchev–Trinajstić information content (AvgIpc) is 3.17. The lowest BCUT2D eigenvalue weighted by molar-refractivity contribution is 0.0974. The van der Waals surface area contributed by atoms with Gasteiger partial charge < -0.3 is 15.3 Å². The monoisotopic (exact) mass is 509 g/mol. The lowest BCUT2D eigenvalue weighted by atomic mass is 10.00. The Kier molecular flexibility index (Phi) is 6.15. The van der Waals surface area contributed by atoms with Crippen molar-refractivity contribution in [3.8, 4) is 11.5 Å². The molecule has 0 amide bonds.